The molecule has 0 saturated carbocycles. The minimum absolute atomic E-state index is 0.358. The van der Waals surface area contributed by atoms with Crippen LogP contribution in [0, 0.1) is 0 Å². The molecule has 0 bridgehead atoms. The first-order valence-electron chi connectivity index (χ1n) is 7.27. The second-order valence-corrected chi connectivity index (χ2v) is 5.15. The summed E-state index contributed by atoms with van der Waals surface area (Å²) < 4.78 is 10.4. The van der Waals surface area contributed by atoms with Gasteiger partial charge >= 0.3 is 5.97 Å². The standard InChI is InChI=1S/C16H23NO3/c1-3-20-15-9-8-11(10-14(17)16(18)19-2)12-6-4-5-7-13(12)15/h8-9,14H,3-7,10,17H2,1-2H3. The fourth-order valence-electron chi connectivity index (χ4n) is 2.86. The molecule has 0 radical (unpaired) electrons. The van der Waals surface area contributed by atoms with Crippen molar-refractivity contribution in [3.63, 3.8) is 0 Å². The smallest absolute Gasteiger partial charge is 0.322 e. The van der Waals surface area contributed by atoms with Crippen LogP contribution < -0.4 is 10.5 Å². The number of fused-ring (bicyclic) bond motifs is 1. The Morgan fingerprint density at radius 3 is 2.65 bits per heavy atom. The lowest BCUT2D eigenvalue weighted by molar-refractivity contribution is -0.142. The highest BCUT2D eigenvalue weighted by molar-refractivity contribution is 5.75. The molecule has 0 aliphatic heterocycles. The molecule has 1 aliphatic carbocycles. The van der Waals surface area contributed by atoms with E-state index in [1.54, 1.807) is 0 Å². The van der Waals surface area contributed by atoms with Crippen molar-refractivity contribution in [2.24, 2.45) is 5.73 Å². The molecule has 0 aromatic heterocycles. The van der Waals surface area contributed by atoms with Crippen LogP contribution in [0.1, 0.15) is 36.5 Å². The van der Waals surface area contributed by atoms with Gasteiger partial charge in [0.25, 0.3) is 0 Å². The van der Waals surface area contributed by atoms with Crippen molar-refractivity contribution >= 4 is 5.97 Å². The van der Waals surface area contributed by atoms with Gasteiger partial charge in [-0.05, 0) is 61.8 Å². The second kappa shape index (κ2) is 6.75. The van der Waals surface area contributed by atoms with Crippen LogP contribution in [0.5, 0.6) is 5.75 Å². The number of carbonyl (C=O) groups excluding carboxylic acids is 1. The van der Waals surface area contributed by atoms with E-state index in [0.717, 1.165) is 24.2 Å². The summed E-state index contributed by atoms with van der Waals surface area (Å²) in [5, 5.41) is 0. The third kappa shape index (κ3) is 3.12. The lowest BCUT2D eigenvalue weighted by atomic mass is 9.85. The summed E-state index contributed by atoms with van der Waals surface area (Å²) in [4.78, 5) is 11.5. The number of hydrogen-bond donors (Lipinski definition) is 1. The normalized spacial score (nSPS) is 15.3. The minimum Gasteiger partial charge on any atom is -0.494 e. The van der Waals surface area contributed by atoms with E-state index in [1.807, 2.05) is 19.1 Å². The molecule has 2 N–H and O–H groups in total. The maximum atomic E-state index is 11.5. The predicted molar refractivity (Wildman–Crippen MR) is 77.9 cm³/mol. The van der Waals surface area contributed by atoms with Crippen molar-refractivity contribution in [3.8, 4) is 5.75 Å². The van der Waals surface area contributed by atoms with Gasteiger partial charge in [-0.15, -0.1) is 0 Å². The van der Waals surface area contributed by atoms with Gasteiger partial charge in [0.1, 0.15) is 11.8 Å². The van der Waals surface area contributed by atoms with Gasteiger partial charge in [0, 0.05) is 0 Å². The van der Waals surface area contributed by atoms with Gasteiger partial charge in [0.2, 0.25) is 0 Å². The highest BCUT2D eigenvalue weighted by Gasteiger charge is 2.21. The zero-order valence-corrected chi connectivity index (χ0v) is 12.3. The molecule has 20 heavy (non-hydrogen) atoms. The number of nitrogens with two attached hydrogens (primary N) is 1. The van der Waals surface area contributed by atoms with Crippen molar-refractivity contribution in [1.29, 1.82) is 0 Å². The number of carbonyl (C=O) groups is 1. The molecule has 1 unspecified atom stereocenters. The monoisotopic (exact) mass is 277 g/mol. The number of ether oxygens (including phenoxy) is 2. The largest absolute Gasteiger partial charge is 0.494 e. The minimum atomic E-state index is -0.594. The Morgan fingerprint density at radius 2 is 2.00 bits per heavy atom. The molecule has 1 aromatic rings. The molecule has 2 rings (SSSR count). The Bertz CT molecular complexity index is 485. The summed E-state index contributed by atoms with van der Waals surface area (Å²) >= 11 is 0. The van der Waals surface area contributed by atoms with E-state index in [0.29, 0.717) is 13.0 Å². The SMILES string of the molecule is CCOc1ccc(CC(N)C(=O)OC)c2c1CCCC2. The molecule has 0 spiro atoms. The highest BCUT2D eigenvalue weighted by atomic mass is 16.5. The van der Waals surface area contributed by atoms with E-state index in [4.69, 9.17) is 15.2 Å². The van der Waals surface area contributed by atoms with E-state index in [9.17, 15) is 4.79 Å². The van der Waals surface area contributed by atoms with Crippen molar-refractivity contribution < 1.29 is 14.3 Å². The molecule has 0 saturated heterocycles. The first kappa shape index (κ1) is 14.9. The molecule has 4 heteroatoms. The van der Waals surface area contributed by atoms with Crippen LogP contribution in [-0.4, -0.2) is 25.7 Å². The molecule has 0 heterocycles. The van der Waals surface area contributed by atoms with Crippen LogP contribution in [0.2, 0.25) is 0 Å². The molecule has 0 fully saturated rings. The van der Waals surface area contributed by atoms with Crippen LogP contribution in [0.3, 0.4) is 0 Å². The summed E-state index contributed by atoms with van der Waals surface area (Å²) in [6, 6.07) is 3.45. The van der Waals surface area contributed by atoms with Crippen LogP contribution >= 0.6 is 0 Å². The molecular formula is C16H23NO3. The average Bonchev–Trinajstić information content (AvgIpc) is 2.49. The van der Waals surface area contributed by atoms with Crippen molar-refractivity contribution in [2.45, 2.75) is 45.1 Å². The molecule has 1 aromatic carbocycles. The fraction of sp³-hybridized carbons (Fsp3) is 0.562. The zero-order chi connectivity index (χ0) is 14.5. The Balaban J connectivity index is 2.28. The molecule has 1 aliphatic rings. The van der Waals surface area contributed by atoms with E-state index in [2.05, 4.69) is 0 Å². The fourth-order valence-corrected chi connectivity index (χ4v) is 2.86. The van der Waals surface area contributed by atoms with E-state index < -0.39 is 6.04 Å². The lowest BCUT2D eigenvalue weighted by Crippen LogP contribution is -2.34. The van der Waals surface area contributed by atoms with Gasteiger partial charge in [0.15, 0.2) is 0 Å². The number of esters is 1. The van der Waals surface area contributed by atoms with Gasteiger partial charge < -0.3 is 15.2 Å². The molecule has 4 nitrogen and oxygen atoms in total. The predicted octanol–water partition coefficient (Wildman–Crippen LogP) is 2.01. The summed E-state index contributed by atoms with van der Waals surface area (Å²) in [6.45, 7) is 2.67. The Hall–Kier alpha value is -1.55. The molecule has 1 atom stereocenters. The number of methoxy groups -OCH3 is 1. The first-order chi connectivity index (χ1) is 9.67. The summed E-state index contributed by atoms with van der Waals surface area (Å²) in [5.74, 6) is 0.626. The lowest BCUT2D eigenvalue weighted by Gasteiger charge is -2.23. The Kier molecular flexibility index (Phi) is 5.01. The van der Waals surface area contributed by atoms with Gasteiger partial charge in [-0.25, -0.2) is 0 Å². The number of hydrogen-bond acceptors (Lipinski definition) is 4. The molecule has 110 valence electrons. The highest BCUT2D eigenvalue weighted by Crippen LogP contribution is 2.32. The third-order valence-electron chi connectivity index (χ3n) is 3.83. The quantitative estimate of drug-likeness (QED) is 0.836. The van der Waals surface area contributed by atoms with E-state index >= 15 is 0 Å². The Morgan fingerprint density at radius 1 is 1.30 bits per heavy atom. The number of benzene rings is 1. The van der Waals surface area contributed by atoms with Crippen LogP contribution in [0.15, 0.2) is 12.1 Å². The third-order valence-corrected chi connectivity index (χ3v) is 3.83. The summed E-state index contributed by atoms with van der Waals surface area (Å²) in [7, 11) is 1.37. The average molecular weight is 277 g/mol. The topological polar surface area (TPSA) is 61.5 Å². The van der Waals surface area contributed by atoms with Crippen molar-refractivity contribution in [3.05, 3.63) is 28.8 Å². The van der Waals surface area contributed by atoms with Gasteiger partial charge in [-0.3, -0.25) is 4.79 Å². The maximum absolute atomic E-state index is 11.5. The van der Waals surface area contributed by atoms with Crippen molar-refractivity contribution in [1.82, 2.24) is 0 Å². The Labute approximate surface area is 120 Å². The molecule has 0 amide bonds. The van der Waals surface area contributed by atoms with Gasteiger partial charge in [-0.1, -0.05) is 6.07 Å². The number of rotatable bonds is 5. The first-order valence-corrected chi connectivity index (χ1v) is 7.27. The van der Waals surface area contributed by atoms with Crippen LogP contribution in [0.4, 0.5) is 0 Å². The van der Waals surface area contributed by atoms with Gasteiger partial charge in [0.05, 0.1) is 13.7 Å². The van der Waals surface area contributed by atoms with E-state index in [1.165, 1.54) is 31.1 Å². The maximum Gasteiger partial charge on any atom is 0.322 e. The molecular weight excluding hydrogens is 254 g/mol. The summed E-state index contributed by atoms with van der Waals surface area (Å²) in [6.07, 6.45) is 5.00. The summed E-state index contributed by atoms with van der Waals surface area (Å²) in [5.41, 5.74) is 9.66. The van der Waals surface area contributed by atoms with Gasteiger partial charge in [-0.2, -0.15) is 0 Å². The second-order valence-electron chi connectivity index (χ2n) is 5.15. The zero-order valence-electron chi connectivity index (χ0n) is 12.3. The van der Waals surface area contributed by atoms with Crippen molar-refractivity contribution in [2.75, 3.05) is 13.7 Å². The van der Waals surface area contributed by atoms with Crippen LogP contribution in [0.25, 0.3) is 0 Å². The van der Waals surface area contributed by atoms with E-state index in [-0.39, 0.29) is 5.97 Å². The van der Waals surface area contributed by atoms with Crippen LogP contribution in [-0.2, 0) is 28.8 Å².